The van der Waals surface area contributed by atoms with E-state index in [2.05, 4.69) is 11.6 Å². The summed E-state index contributed by atoms with van der Waals surface area (Å²) in [6, 6.07) is 9.58. The molecule has 12 nitrogen and oxygen atoms in total. The van der Waals surface area contributed by atoms with E-state index in [1.54, 1.807) is 12.1 Å². The molecule has 2 aromatic rings. The molecule has 3 rings (SSSR count). The Morgan fingerprint density at radius 1 is 0.872 bits per heavy atom. The minimum atomic E-state index is -4.32. The smallest absolute Gasteiger partial charge is 0.269 e. The van der Waals surface area contributed by atoms with Gasteiger partial charge >= 0.3 is 0 Å². The number of aryl methyl sites for hydroxylation is 1. The number of carbonyl (C=O) groups is 1. The third kappa shape index (κ3) is 14.7. The van der Waals surface area contributed by atoms with Crippen LogP contribution in [0.1, 0.15) is 87.1 Å². The van der Waals surface area contributed by atoms with Gasteiger partial charge in [-0.05, 0) is 49.1 Å². The Hall–Kier alpha value is -3.10. The van der Waals surface area contributed by atoms with Gasteiger partial charge in [-0.25, -0.2) is 13.1 Å². The second kappa shape index (κ2) is 21.7. The van der Waals surface area contributed by atoms with E-state index in [9.17, 15) is 23.3 Å². The molecular formula is C34H50N2O10S. The minimum absolute atomic E-state index is 0.0742. The Bertz CT molecular complexity index is 1310. The number of carbonyl (C=O) groups excluding carboxylic acids is 1. The molecule has 0 aromatic heterocycles. The van der Waals surface area contributed by atoms with Crippen molar-refractivity contribution in [3.8, 4) is 5.75 Å². The number of nitrogens with zero attached hydrogens (tertiary/aromatic N) is 1. The number of benzene rings is 2. The lowest BCUT2D eigenvalue weighted by Gasteiger charge is -2.20. The zero-order valence-corrected chi connectivity index (χ0v) is 28.3. The molecule has 1 fully saturated rings. The van der Waals surface area contributed by atoms with Gasteiger partial charge in [0.05, 0.1) is 47.9 Å². The van der Waals surface area contributed by atoms with Gasteiger partial charge in [0, 0.05) is 38.4 Å². The second-order valence-corrected chi connectivity index (χ2v) is 13.2. The number of nitro groups is 1. The molecule has 0 bridgehead atoms. The fourth-order valence-corrected chi connectivity index (χ4v) is 6.02. The summed E-state index contributed by atoms with van der Waals surface area (Å²) in [4.78, 5) is 23.6. The van der Waals surface area contributed by atoms with Crippen LogP contribution < -0.4 is 9.46 Å². The van der Waals surface area contributed by atoms with E-state index in [1.807, 2.05) is 6.07 Å². The maximum absolute atomic E-state index is 13.5. The Labute approximate surface area is 278 Å². The van der Waals surface area contributed by atoms with E-state index in [1.165, 1.54) is 32.1 Å². The maximum atomic E-state index is 13.5. The van der Waals surface area contributed by atoms with Crippen LogP contribution in [0, 0.1) is 10.1 Å². The summed E-state index contributed by atoms with van der Waals surface area (Å²) in [5, 5.41) is 11.0. The third-order valence-corrected chi connectivity index (χ3v) is 9.08. The van der Waals surface area contributed by atoms with Crippen LogP contribution in [0.4, 0.5) is 5.69 Å². The molecule has 0 spiro atoms. The summed E-state index contributed by atoms with van der Waals surface area (Å²) in [6.45, 7) is 5.64. The fraction of sp³-hybridized carbons (Fsp3) is 0.618. The maximum Gasteiger partial charge on any atom is 0.269 e. The molecule has 1 heterocycles. The Morgan fingerprint density at radius 2 is 1.51 bits per heavy atom. The largest absolute Gasteiger partial charge is 0.490 e. The normalized spacial score (nSPS) is 17.0. The fourth-order valence-electron chi connectivity index (χ4n) is 5.05. The van der Waals surface area contributed by atoms with Gasteiger partial charge in [0.1, 0.15) is 12.4 Å². The second-order valence-electron chi connectivity index (χ2n) is 11.5. The van der Waals surface area contributed by atoms with Crippen LogP contribution in [0.5, 0.6) is 5.75 Å². The van der Waals surface area contributed by atoms with E-state index in [0.717, 1.165) is 61.9 Å². The number of nitro benzene ring substituents is 1. The van der Waals surface area contributed by atoms with Crippen LogP contribution >= 0.6 is 0 Å². The monoisotopic (exact) mass is 678 g/mol. The number of amides is 1. The van der Waals surface area contributed by atoms with Gasteiger partial charge in [0.15, 0.2) is 0 Å². The molecule has 1 aliphatic heterocycles. The number of ether oxygens (including phenoxy) is 5. The molecule has 1 atom stereocenters. The molecule has 47 heavy (non-hydrogen) atoms. The SMILES string of the molecule is CCCCCCCCCCc1ccc(OCC2CCOCCOCCCOCCO2)c(C(=O)NS(=O)(=O)c2ccc([N+](=O)[O-])cc2)c1. The zero-order chi connectivity index (χ0) is 33.7. The van der Waals surface area contributed by atoms with Crippen LogP contribution in [0.15, 0.2) is 47.4 Å². The van der Waals surface area contributed by atoms with Crippen LogP contribution in [0.25, 0.3) is 0 Å². The molecule has 2 aromatic carbocycles. The first-order valence-electron chi connectivity index (χ1n) is 16.7. The van der Waals surface area contributed by atoms with Crippen molar-refractivity contribution in [3.05, 3.63) is 63.7 Å². The van der Waals surface area contributed by atoms with Crippen LogP contribution in [0.2, 0.25) is 0 Å². The highest BCUT2D eigenvalue weighted by molar-refractivity contribution is 7.90. The van der Waals surface area contributed by atoms with Gasteiger partial charge in [0.2, 0.25) is 0 Å². The van der Waals surface area contributed by atoms with Crippen molar-refractivity contribution in [1.82, 2.24) is 4.72 Å². The molecule has 1 amide bonds. The molecular weight excluding hydrogens is 628 g/mol. The first kappa shape index (κ1) is 38.3. The van der Waals surface area contributed by atoms with Crippen molar-refractivity contribution in [2.45, 2.75) is 88.6 Å². The van der Waals surface area contributed by atoms with Crippen molar-refractivity contribution in [3.63, 3.8) is 0 Å². The van der Waals surface area contributed by atoms with Gasteiger partial charge in [-0.15, -0.1) is 0 Å². The van der Waals surface area contributed by atoms with Crippen molar-refractivity contribution in [2.24, 2.45) is 0 Å². The number of rotatable bonds is 16. The lowest BCUT2D eigenvalue weighted by Crippen LogP contribution is -2.31. The predicted molar refractivity (Wildman–Crippen MR) is 177 cm³/mol. The number of hydrogen-bond donors (Lipinski definition) is 1. The molecule has 1 saturated heterocycles. The topological polar surface area (TPSA) is 153 Å². The van der Waals surface area contributed by atoms with E-state index < -0.39 is 20.9 Å². The number of non-ortho nitro benzene ring substituents is 1. The van der Waals surface area contributed by atoms with E-state index >= 15 is 0 Å². The van der Waals surface area contributed by atoms with Crippen LogP contribution in [-0.4, -0.2) is 78.2 Å². The highest BCUT2D eigenvalue weighted by Gasteiger charge is 2.23. The van der Waals surface area contributed by atoms with E-state index in [0.29, 0.717) is 52.7 Å². The summed E-state index contributed by atoms with van der Waals surface area (Å²) in [6.07, 6.45) is 11.0. The molecule has 1 aliphatic rings. The van der Waals surface area contributed by atoms with Gasteiger partial charge in [-0.3, -0.25) is 14.9 Å². The Kier molecular flexibility index (Phi) is 17.7. The van der Waals surface area contributed by atoms with Crippen LogP contribution in [-0.2, 0) is 35.4 Å². The summed E-state index contributed by atoms with van der Waals surface area (Å²) in [5.74, 6) is -0.644. The standard InChI is InChI=1S/C34H50N2O10S/c1-2-3-4-5-6-7-8-9-11-28-12-17-33(46-27-30-18-21-44-23-22-42-19-10-20-43-24-25-45-30)32(26-28)34(37)35-47(40,41)31-15-13-29(14-16-31)36(38)39/h12-17,26,30H,2-11,18-25,27H2,1H3,(H,35,37). The molecule has 0 aliphatic carbocycles. The number of hydrogen-bond acceptors (Lipinski definition) is 10. The van der Waals surface area contributed by atoms with Crippen molar-refractivity contribution in [2.75, 3.05) is 52.9 Å². The van der Waals surface area contributed by atoms with Gasteiger partial charge in [-0.2, -0.15) is 0 Å². The molecule has 262 valence electrons. The number of sulfonamides is 1. The average molecular weight is 679 g/mol. The van der Waals surface area contributed by atoms with Crippen molar-refractivity contribution >= 4 is 21.6 Å². The predicted octanol–water partition coefficient (Wildman–Crippen LogP) is 6.00. The molecule has 0 saturated carbocycles. The zero-order valence-electron chi connectivity index (χ0n) is 27.5. The van der Waals surface area contributed by atoms with Crippen molar-refractivity contribution in [1.29, 1.82) is 0 Å². The van der Waals surface area contributed by atoms with Gasteiger partial charge in [-0.1, -0.05) is 57.9 Å². The quantitative estimate of drug-likeness (QED) is 0.127. The minimum Gasteiger partial charge on any atom is -0.490 e. The highest BCUT2D eigenvalue weighted by Crippen LogP contribution is 2.24. The van der Waals surface area contributed by atoms with Gasteiger partial charge in [0.25, 0.3) is 21.6 Å². The van der Waals surface area contributed by atoms with E-state index in [-0.39, 0.29) is 34.6 Å². The first-order valence-corrected chi connectivity index (χ1v) is 18.2. The van der Waals surface area contributed by atoms with E-state index in [4.69, 9.17) is 23.7 Å². The summed E-state index contributed by atoms with van der Waals surface area (Å²) in [7, 11) is -4.32. The highest BCUT2D eigenvalue weighted by atomic mass is 32.2. The average Bonchev–Trinajstić information content (AvgIpc) is 3.06. The first-order chi connectivity index (χ1) is 22.8. The summed E-state index contributed by atoms with van der Waals surface area (Å²) >= 11 is 0. The third-order valence-electron chi connectivity index (χ3n) is 7.73. The summed E-state index contributed by atoms with van der Waals surface area (Å²) < 4.78 is 57.1. The summed E-state index contributed by atoms with van der Waals surface area (Å²) in [5.41, 5.74) is 0.707. The molecule has 0 radical (unpaired) electrons. The van der Waals surface area contributed by atoms with Gasteiger partial charge < -0.3 is 23.7 Å². The number of unbranched alkanes of at least 4 members (excludes halogenated alkanes) is 7. The molecule has 1 N–H and O–H groups in total. The molecule has 13 heteroatoms. The lowest BCUT2D eigenvalue weighted by molar-refractivity contribution is -0.384. The van der Waals surface area contributed by atoms with Crippen molar-refractivity contribution < 1.29 is 41.8 Å². The Balaban J connectivity index is 1.71. The molecule has 1 unspecified atom stereocenters. The Morgan fingerprint density at radius 3 is 2.19 bits per heavy atom. The van der Waals surface area contributed by atoms with Crippen LogP contribution in [0.3, 0.4) is 0 Å². The number of nitrogens with one attached hydrogen (secondary N) is 1. The lowest BCUT2D eigenvalue weighted by atomic mass is 10.0.